The van der Waals surface area contributed by atoms with E-state index in [1.807, 2.05) is 12.1 Å². The van der Waals surface area contributed by atoms with Crippen molar-refractivity contribution in [2.45, 2.75) is 26.5 Å². The lowest BCUT2D eigenvalue weighted by atomic mass is 9.96. The Kier molecular flexibility index (Phi) is 8.98. The van der Waals surface area contributed by atoms with Crippen molar-refractivity contribution in [2.75, 3.05) is 20.8 Å². The minimum Gasteiger partial charge on any atom is -0.497 e. The summed E-state index contributed by atoms with van der Waals surface area (Å²) in [5, 5.41) is 0.264. The first kappa shape index (κ1) is 30.1. The molecule has 1 aromatic heterocycles. The number of ether oxygens (including phenoxy) is 4. The molecule has 0 saturated heterocycles. The molecule has 11 heteroatoms. The molecular formula is C32H28ClFN2O6S. The quantitative estimate of drug-likeness (QED) is 0.239. The summed E-state index contributed by atoms with van der Waals surface area (Å²) in [6.07, 6.45) is 1.72. The third-order valence-electron chi connectivity index (χ3n) is 6.87. The SMILES string of the molecule is CCOC(=O)C1=C(C)N=c2s/c(=C/c3ccc(OCc4c(F)cccc4Cl)c(OC)c3)c(=O)n2[C@@H]1c1ccc(OC)cc1. The fourth-order valence-corrected chi connectivity index (χ4v) is 6.02. The van der Waals surface area contributed by atoms with Crippen LogP contribution in [0.3, 0.4) is 0 Å². The Labute approximate surface area is 255 Å². The third-order valence-corrected chi connectivity index (χ3v) is 8.20. The van der Waals surface area contributed by atoms with Crippen LogP contribution in [-0.2, 0) is 16.1 Å². The van der Waals surface area contributed by atoms with Crippen molar-refractivity contribution >= 4 is 35.0 Å². The minimum atomic E-state index is -0.737. The van der Waals surface area contributed by atoms with Gasteiger partial charge in [-0.2, -0.15) is 0 Å². The zero-order valence-corrected chi connectivity index (χ0v) is 25.4. The third kappa shape index (κ3) is 6.07. The van der Waals surface area contributed by atoms with Crippen LogP contribution in [0.15, 0.2) is 81.7 Å². The van der Waals surface area contributed by atoms with E-state index in [1.54, 1.807) is 63.4 Å². The van der Waals surface area contributed by atoms with E-state index >= 15 is 0 Å². The summed E-state index contributed by atoms with van der Waals surface area (Å²) in [5.41, 5.74) is 2.08. The van der Waals surface area contributed by atoms with Crippen LogP contribution in [0.2, 0.25) is 5.02 Å². The Morgan fingerprint density at radius 3 is 2.53 bits per heavy atom. The Morgan fingerprint density at radius 1 is 1.09 bits per heavy atom. The highest BCUT2D eigenvalue weighted by atomic mass is 35.5. The number of thiazole rings is 1. The van der Waals surface area contributed by atoms with Gasteiger partial charge in [0.2, 0.25) is 0 Å². The molecule has 0 saturated carbocycles. The number of carbonyl (C=O) groups is 1. The molecule has 0 unspecified atom stereocenters. The van der Waals surface area contributed by atoms with Crippen molar-refractivity contribution in [1.29, 1.82) is 0 Å². The minimum absolute atomic E-state index is 0.0900. The molecule has 1 aliphatic rings. The van der Waals surface area contributed by atoms with E-state index in [4.69, 9.17) is 30.5 Å². The second-order valence-corrected chi connectivity index (χ2v) is 10.9. The zero-order valence-electron chi connectivity index (χ0n) is 23.9. The van der Waals surface area contributed by atoms with Gasteiger partial charge in [-0.05, 0) is 67.4 Å². The molecule has 0 N–H and O–H groups in total. The van der Waals surface area contributed by atoms with Gasteiger partial charge < -0.3 is 18.9 Å². The molecule has 0 fully saturated rings. The lowest BCUT2D eigenvalue weighted by Crippen LogP contribution is -2.39. The van der Waals surface area contributed by atoms with Gasteiger partial charge in [0.25, 0.3) is 5.56 Å². The lowest BCUT2D eigenvalue weighted by molar-refractivity contribution is -0.139. The Bertz CT molecular complexity index is 1880. The van der Waals surface area contributed by atoms with Gasteiger partial charge >= 0.3 is 5.97 Å². The van der Waals surface area contributed by atoms with Crippen molar-refractivity contribution in [2.24, 2.45) is 4.99 Å². The molecule has 3 aromatic carbocycles. The van der Waals surface area contributed by atoms with Gasteiger partial charge in [0, 0.05) is 5.56 Å². The van der Waals surface area contributed by atoms with Gasteiger partial charge in [0.1, 0.15) is 18.2 Å². The van der Waals surface area contributed by atoms with E-state index < -0.39 is 17.8 Å². The first-order chi connectivity index (χ1) is 20.7. The lowest BCUT2D eigenvalue weighted by Gasteiger charge is -2.24. The fraction of sp³-hybridized carbons (Fsp3) is 0.219. The molecule has 4 aromatic rings. The van der Waals surface area contributed by atoms with Gasteiger partial charge in [-0.25, -0.2) is 14.2 Å². The molecule has 8 nitrogen and oxygen atoms in total. The topological polar surface area (TPSA) is 88.4 Å². The molecule has 0 amide bonds. The van der Waals surface area contributed by atoms with Crippen molar-refractivity contribution in [1.82, 2.24) is 4.57 Å². The Balaban J connectivity index is 1.54. The summed E-state index contributed by atoms with van der Waals surface area (Å²) >= 11 is 7.34. The first-order valence-corrected chi connectivity index (χ1v) is 14.5. The van der Waals surface area contributed by atoms with E-state index in [0.717, 1.165) is 0 Å². The van der Waals surface area contributed by atoms with E-state index in [1.165, 1.54) is 35.1 Å². The molecular weight excluding hydrogens is 595 g/mol. The molecule has 5 rings (SSSR count). The van der Waals surface area contributed by atoms with E-state index in [-0.39, 0.29) is 29.4 Å². The number of allylic oxidation sites excluding steroid dienone is 1. The number of hydrogen-bond donors (Lipinski definition) is 0. The molecule has 0 radical (unpaired) electrons. The summed E-state index contributed by atoms with van der Waals surface area (Å²) in [6.45, 7) is 3.56. The van der Waals surface area contributed by atoms with Crippen LogP contribution < -0.4 is 29.1 Å². The molecule has 0 spiro atoms. The Morgan fingerprint density at radius 2 is 1.86 bits per heavy atom. The average Bonchev–Trinajstić information content (AvgIpc) is 3.30. The summed E-state index contributed by atoms with van der Waals surface area (Å²) in [6, 6.07) is 16.0. The number of hydrogen-bond acceptors (Lipinski definition) is 8. The van der Waals surface area contributed by atoms with Crippen molar-refractivity contribution in [3.8, 4) is 17.2 Å². The van der Waals surface area contributed by atoms with Gasteiger partial charge in [0.05, 0.1) is 47.7 Å². The largest absolute Gasteiger partial charge is 0.497 e. The zero-order chi connectivity index (χ0) is 30.7. The number of esters is 1. The molecule has 1 aliphatic heterocycles. The standard InChI is InChI=1S/C32H28ClFN2O6S/c1-5-41-31(38)28-18(2)35-32-36(29(28)20-10-12-21(39-3)13-11-20)30(37)27(43-32)16-19-9-14-25(26(15-19)40-4)42-17-22-23(33)7-6-8-24(22)34/h6-16,29H,5,17H2,1-4H3/b27-16+/t29-/m1/s1. The Hall–Kier alpha value is -4.41. The number of halogens is 2. The second kappa shape index (κ2) is 12.8. The number of benzene rings is 3. The summed E-state index contributed by atoms with van der Waals surface area (Å²) < 4.78 is 38.1. The molecule has 1 atom stereocenters. The highest BCUT2D eigenvalue weighted by Gasteiger charge is 2.33. The van der Waals surface area contributed by atoms with Crippen LogP contribution >= 0.6 is 22.9 Å². The van der Waals surface area contributed by atoms with E-state index in [9.17, 15) is 14.0 Å². The molecule has 0 bridgehead atoms. The highest BCUT2D eigenvalue weighted by Crippen LogP contribution is 2.32. The maximum Gasteiger partial charge on any atom is 0.338 e. The monoisotopic (exact) mass is 622 g/mol. The smallest absolute Gasteiger partial charge is 0.338 e. The normalized spacial score (nSPS) is 14.7. The maximum absolute atomic E-state index is 14.2. The number of carbonyl (C=O) groups excluding carboxylic acids is 1. The van der Waals surface area contributed by atoms with E-state index in [2.05, 4.69) is 4.99 Å². The number of nitrogens with zero attached hydrogens (tertiary/aromatic N) is 2. The van der Waals surface area contributed by atoms with Crippen LogP contribution in [0.4, 0.5) is 4.39 Å². The van der Waals surface area contributed by atoms with Crippen LogP contribution in [0.25, 0.3) is 6.08 Å². The molecule has 43 heavy (non-hydrogen) atoms. The molecule has 0 aliphatic carbocycles. The summed E-state index contributed by atoms with van der Waals surface area (Å²) in [4.78, 5) is 32.0. The number of fused-ring (bicyclic) bond motifs is 1. The molecule has 222 valence electrons. The van der Waals surface area contributed by atoms with Gasteiger partial charge in [-0.3, -0.25) is 9.36 Å². The number of aromatic nitrogens is 1. The molecule has 2 heterocycles. The van der Waals surface area contributed by atoms with Crippen molar-refractivity contribution < 1.29 is 28.1 Å². The predicted molar refractivity (Wildman–Crippen MR) is 162 cm³/mol. The van der Waals surface area contributed by atoms with Crippen LogP contribution in [-0.4, -0.2) is 31.4 Å². The fourth-order valence-electron chi connectivity index (χ4n) is 4.76. The van der Waals surface area contributed by atoms with Crippen LogP contribution in [0, 0.1) is 5.82 Å². The average molecular weight is 623 g/mol. The first-order valence-electron chi connectivity index (χ1n) is 13.3. The number of methoxy groups -OCH3 is 2. The van der Waals surface area contributed by atoms with Gasteiger partial charge in [-0.15, -0.1) is 0 Å². The van der Waals surface area contributed by atoms with Crippen LogP contribution in [0.5, 0.6) is 17.2 Å². The summed E-state index contributed by atoms with van der Waals surface area (Å²) in [5.74, 6) is 0.427. The second-order valence-electron chi connectivity index (χ2n) is 9.47. The number of rotatable bonds is 9. The maximum atomic E-state index is 14.2. The predicted octanol–water partition coefficient (Wildman–Crippen LogP) is 5.19. The van der Waals surface area contributed by atoms with Gasteiger partial charge in [-0.1, -0.05) is 47.2 Å². The van der Waals surface area contributed by atoms with Gasteiger partial charge in [0.15, 0.2) is 16.3 Å². The van der Waals surface area contributed by atoms with Crippen molar-refractivity contribution in [3.63, 3.8) is 0 Å². The van der Waals surface area contributed by atoms with Crippen LogP contribution in [0.1, 0.15) is 36.6 Å². The van der Waals surface area contributed by atoms with E-state index in [0.29, 0.717) is 49.0 Å². The van der Waals surface area contributed by atoms with Crippen molar-refractivity contribution in [3.05, 3.63) is 119 Å². The summed E-state index contributed by atoms with van der Waals surface area (Å²) in [7, 11) is 3.06. The highest BCUT2D eigenvalue weighted by molar-refractivity contribution is 7.07.